The van der Waals surface area contributed by atoms with E-state index in [1.165, 1.54) is 0 Å². The van der Waals surface area contributed by atoms with Crippen LogP contribution in [0.1, 0.15) is 0 Å². The first-order valence-corrected chi connectivity index (χ1v) is 2.11. The number of hydrogen-bond acceptors (Lipinski definition) is 4. The second-order valence-corrected chi connectivity index (χ2v) is 1.60. The summed E-state index contributed by atoms with van der Waals surface area (Å²) < 4.78 is 0. The Hall–Kier alpha value is -0.160. The fourth-order valence-corrected chi connectivity index (χ4v) is 0.503. The molecule has 1 heterocycles. The van der Waals surface area contributed by atoms with Crippen molar-refractivity contribution in [2.24, 2.45) is 0 Å². The van der Waals surface area contributed by atoms with E-state index in [4.69, 9.17) is 10.2 Å². The third-order valence-corrected chi connectivity index (χ3v) is 0.868. The second-order valence-electron chi connectivity index (χ2n) is 1.60. The van der Waals surface area contributed by atoms with Crippen LogP contribution in [0.15, 0.2) is 0 Å². The Bertz CT molecular complexity index is 65.3. The SMILES string of the molecule is OC1(O)CNCN1. The number of rotatable bonds is 0. The number of nitrogens with one attached hydrogen (secondary N) is 2. The maximum atomic E-state index is 8.58. The van der Waals surface area contributed by atoms with Gasteiger partial charge in [-0.2, -0.15) is 0 Å². The predicted octanol–water partition coefficient (Wildman–Crippen LogP) is -2.22. The molecule has 1 saturated heterocycles. The van der Waals surface area contributed by atoms with Gasteiger partial charge in [0.05, 0.1) is 13.2 Å². The van der Waals surface area contributed by atoms with E-state index in [9.17, 15) is 0 Å². The molecule has 1 rings (SSSR count). The van der Waals surface area contributed by atoms with Gasteiger partial charge >= 0.3 is 0 Å². The van der Waals surface area contributed by atoms with E-state index in [1.54, 1.807) is 0 Å². The normalized spacial score (nSPS) is 28.3. The monoisotopic (exact) mass is 104 g/mol. The van der Waals surface area contributed by atoms with Crippen LogP contribution in [-0.2, 0) is 0 Å². The highest BCUT2D eigenvalue weighted by Gasteiger charge is 2.25. The predicted molar refractivity (Wildman–Crippen MR) is 23.2 cm³/mol. The van der Waals surface area contributed by atoms with Crippen molar-refractivity contribution in [1.82, 2.24) is 10.6 Å². The van der Waals surface area contributed by atoms with Crippen LogP contribution in [0, 0.1) is 0 Å². The second kappa shape index (κ2) is 1.41. The lowest BCUT2D eigenvalue weighted by Crippen LogP contribution is -2.41. The molecule has 0 aromatic heterocycles. The Labute approximate surface area is 41.2 Å². The van der Waals surface area contributed by atoms with Crippen LogP contribution >= 0.6 is 0 Å². The smallest absolute Gasteiger partial charge is 0.236 e. The van der Waals surface area contributed by atoms with Crippen LogP contribution in [0.5, 0.6) is 0 Å². The lowest BCUT2D eigenvalue weighted by Gasteiger charge is -2.10. The van der Waals surface area contributed by atoms with E-state index >= 15 is 0 Å². The molecule has 0 unspecified atom stereocenters. The van der Waals surface area contributed by atoms with Gasteiger partial charge in [-0.3, -0.25) is 10.6 Å². The van der Waals surface area contributed by atoms with E-state index in [1.807, 2.05) is 0 Å². The molecular weight excluding hydrogens is 96.0 g/mol. The highest BCUT2D eigenvalue weighted by atomic mass is 16.5. The van der Waals surface area contributed by atoms with Gasteiger partial charge < -0.3 is 10.2 Å². The first-order valence-electron chi connectivity index (χ1n) is 2.11. The van der Waals surface area contributed by atoms with Gasteiger partial charge in [0.2, 0.25) is 5.91 Å². The van der Waals surface area contributed by atoms with Gasteiger partial charge in [-0.1, -0.05) is 0 Å². The summed E-state index contributed by atoms with van der Waals surface area (Å²) in [4.78, 5) is 0. The number of β-amino-alcohol motifs (C(OH)–C–C–N with tert-alkyl or cyclic N) is 2. The molecule has 0 bridgehead atoms. The average molecular weight is 104 g/mol. The number of aliphatic hydroxyl groups is 2. The van der Waals surface area contributed by atoms with Crippen molar-refractivity contribution >= 4 is 0 Å². The summed E-state index contributed by atoms with van der Waals surface area (Å²) in [5.41, 5.74) is 0. The maximum Gasteiger partial charge on any atom is 0.236 e. The molecule has 0 atom stereocenters. The van der Waals surface area contributed by atoms with Gasteiger partial charge in [0.1, 0.15) is 0 Å². The number of hydrogen-bond donors (Lipinski definition) is 4. The van der Waals surface area contributed by atoms with Crippen molar-refractivity contribution in [1.29, 1.82) is 0 Å². The van der Waals surface area contributed by atoms with Crippen LogP contribution < -0.4 is 10.6 Å². The Morgan fingerprint density at radius 1 is 1.43 bits per heavy atom. The van der Waals surface area contributed by atoms with Crippen molar-refractivity contribution in [3.8, 4) is 0 Å². The molecule has 0 aromatic rings. The van der Waals surface area contributed by atoms with Crippen molar-refractivity contribution in [3.63, 3.8) is 0 Å². The molecule has 1 aliphatic rings. The minimum atomic E-state index is -1.67. The fourth-order valence-electron chi connectivity index (χ4n) is 0.503. The maximum absolute atomic E-state index is 8.58. The summed E-state index contributed by atoms with van der Waals surface area (Å²) >= 11 is 0. The molecule has 1 aliphatic heterocycles. The van der Waals surface area contributed by atoms with Crippen LogP contribution in [0.3, 0.4) is 0 Å². The van der Waals surface area contributed by atoms with Gasteiger partial charge in [-0.15, -0.1) is 0 Å². The summed E-state index contributed by atoms with van der Waals surface area (Å²) in [7, 11) is 0. The fraction of sp³-hybridized carbons (Fsp3) is 1.00. The summed E-state index contributed by atoms with van der Waals surface area (Å²) in [5.74, 6) is -1.67. The van der Waals surface area contributed by atoms with E-state index in [2.05, 4.69) is 10.6 Å². The first-order chi connectivity index (χ1) is 3.21. The Balaban J connectivity index is 2.40. The Morgan fingerprint density at radius 3 is 2.29 bits per heavy atom. The molecule has 0 spiro atoms. The molecule has 0 aromatic carbocycles. The van der Waals surface area contributed by atoms with Crippen molar-refractivity contribution in [2.45, 2.75) is 5.91 Å². The molecule has 0 saturated carbocycles. The van der Waals surface area contributed by atoms with Gasteiger partial charge in [0.25, 0.3) is 0 Å². The molecule has 4 N–H and O–H groups in total. The first kappa shape index (κ1) is 4.99. The van der Waals surface area contributed by atoms with Gasteiger partial charge in [-0.05, 0) is 0 Å². The molecule has 7 heavy (non-hydrogen) atoms. The molecule has 1 fully saturated rings. The highest BCUT2D eigenvalue weighted by molar-refractivity contribution is 4.70. The van der Waals surface area contributed by atoms with Gasteiger partial charge in [-0.25, -0.2) is 0 Å². The lowest BCUT2D eigenvalue weighted by atomic mass is 10.5. The minimum Gasteiger partial charge on any atom is -0.352 e. The van der Waals surface area contributed by atoms with Crippen molar-refractivity contribution in [3.05, 3.63) is 0 Å². The summed E-state index contributed by atoms with van der Waals surface area (Å²) in [6.45, 7) is 0.667. The molecule has 4 nitrogen and oxygen atoms in total. The molecule has 0 aliphatic carbocycles. The van der Waals surface area contributed by atoms with Crippen LogP contribution in [-0.4, -0.2) is 29.3 Å². The summed E-state index contributed by atoms with van der Waals surface area (Å²) in [6.07, 6.45) is 0. The molecule has 4 heteroatoms. The lowest BCUT2D eigenvalue weighted by molar-refractivity contribution is -0.160. The molecular formula is C3H8N2O2. The molecule has 0 amide bonds. The van der Waals surface area contributed by atoms with Crippen LogP contribution in [0.2, 0.25) is 0 Å². The third-order valence-electron chi connectivity index (χ3n) is 0.868. The standard InChI is InChI=1S/C3H8N2O2/c6-3(7)1-4-2-5-3/h4-7H,1-2H2. The van der Waals surface area contributed by atoms with E-state index < -0.39 is 5.91 Å². The van der Waals surface area contributed by atoms with Gasteiger partial charge in [0, 0.05) is 0 Å². The summed E-state index contributed by atoms with van der Waals surface area (Å²) in [6, 6.07) is 0. The molecule has 0 radical (unpaired) electrons. The van der Waals surface area contributed by atoms with Gasteiger partial charge in [0.15, 0.2) is 0 Å². The van der Waals surface area contributed by atoms with Crippen LogP contribution in [0.25, 0.3) is 0 Å². The third kappa shape index (κ3) is 1.10. The average Bonchev–Trinajstić information content (AvgIpc) is 1.84. The Kier molecular flexibility index (Phi) is 1.01. The zero-order valence-corrected chi connectivity index (χ0v) is 3.81. The van der Waals surface area contributed by atoms with E-state index in [-0.39, 0.29) is 6.54 Å². The Morgan fingerprint density at radius 2 is 2.14 bits per heavy atom. The van der Waals surface area contributed by atoms with Crippen molar-refractivity contribution in [2.75, 3.05) is 13.2 Å². The zero-order chi connectivity index (χ0) is 5.33. The zero-order valence-electron chi connectivity index (χ0n) is 3.81. The van der Waals surface area contributed by atoms with E-state index in [0.29, 0.717) is 6.67 Å². The minimum absolute atomic E-state index is 0.201. The summed E-state index contributed by atoms with van der Waals surface area (Å²) in [5, 5.41) is 22.2. The quantitative estimate of drug-likeness (QED) is 0.263. The van der Waals surface area contributed by atoms with E-state index in [0.717, 1.165) is 0 Å². The largest absolute Gasteiger partial charge is 0.352 e. The van der Waals surface area contributed by atoms with Crippen molar-refractivity contribution < 1.29 is 10.2 Å². The molecule has 42 valence electrons. The van der Waals surface area contributed by atoms with Crippen LogP contribution in [0.4, 0.5) is 0 Å². The highest BCUT2D eigenvalue weighted by Crippen LogP contribution is 1.93. The topological polar surface area (TPSA) is 64.5 Å².